The van der Waals surface area contributed by atoms with Crippen LogP contribution in [-0.2, 0) is 6.42 Å². The standard InChI is InChI=1S/C20H20O5/c1-20(2,22)18-6-10-5-13-16(8-15(10)24-18)23-9-14-12-4-3-11(21)7-17(12)25-19(13)14/h3-5,7-8,14,18-19,21-22H,6,9H2,1-2H3. The maximum absolute atomic E-state index is 10.2. The minimum atomic E-state index is -0.902. The van der Waals surface area contributed by atoms with Gasteiger partial charge in [-0.25, -0.2) is 0 Å². The molecule has 2 aromatic rings. The zero-order valence-electron chi connectivity index (χ0n) is 14.2. The van der Waals surface area contributed by atoms with Crippen molar-refractivity contribution >= 4 is 0 Å². The Morgan fingerprint density at radius 1 is 1.00 bits per heavy atom. The van der Waals surface area contributed by atoms with E-state index in [9.17, 15) is 10.2 Å². The molecule has 3 atom stereocenters. The quantitative estimate of drug-likeness (QED) is 0.835. The van der Waals surface area contributed by atoms with Gasteiger partial charge in [-0.3, -0.25) is 0 Å². The first kappa shape index (κ1) is 14.9. The molecule has 3 aliphatic heterocycles. The molecule has 5 rings (SSSR count). The zero-order valence-corrected chi connectivity index (χ0v) is 14.2. The van der Waals surface area contributed by atoms with E-state index in [2.05, 4.69) is 6.07 Å². The number of fused-ring (bicyclic) bond motifs is 6. The van der Waals surface area contributed by atoms with Crippen LogP contribution in [-0.4, -0.2) is 28.5 Å². The van der Waals surface area contributed by atoms with Crippen LogP contribution in [0.15, 0.2) is 30.3 Å². The Bertz CT molecular complexity index is 867. The summed E-state index contributed by atoms with van der Waals surface area (Å²) in [6, 6.07) is 9.25. The molecular formula is C20H20O5. The van der Waals surface area contributed by atoms with Gasteiger partial charge in [-0.15, -0.1) is 0 Å². The topological polar surface area (TPSA) is 68.2 Å². The Morgan fingerprint density at radius 3 is 2.64 bits per heavy atom. The van der Waals surface area contributed by atoms with Crippen LogP contribution >= 0.6 is 0 Å². The molecule has 0 aromatic heterocycles. The highest BCUT2D eigenvalue weighted by Crippen LogP contribution is 2.53. The van der Waals surface area contributed by atoms with E-state index in [4.69, 9.17) is 14.2 Å². The minimum absolute atomic E-state index is 0.118. The van der Waals surface area contributed by atoms with E-state index in [0.29, 0.717) is 13.0 Å². The van der Waals surface area contributed by atoms with Crippen LogP contribution in [0.25, 0.3) is 0 Å². The largest absolute Gasteiger partial charge is 0.508 e. The third-order valence-corrected chi connectivity index (χ3v) is 5.40. The van der Waals surface area contributed by atoms with E-state index in [1.807, 2.05) is 12.1 Å². The summed E-state index contributed by atoms with van der Waals surface area (Å²) in [4.78, 5) is 0. The van der Waals surface area contributed by atoms with Crippen molar-refractivity contribution in [1.82, 2.24) is 0 Å². The number of ether oxygens (including phenoxy) is 3. The Hall–Kier alpha value is -2.40. The van der Waals surface area contributed by atoms with Gasteiger partial charge in [0.05, 0.1) is 18.1 Å². The van der Waals surface area contributed by atoms with Gasteiger partial charge in [0.15, 0.2) is 0 Å². The minimum Gasteiger partial charge on any atom is -0.508 e. The van der Waals surface area contributed by atoms with Crippen LogP contribution in [0.2, 0.25) is 0 Å². The number of phenols is 1. The van der Waals surface area contributed by atoms with Crippen molar-refractivity contribution in [1.29, 1.82) is 0 Å². The summed E-state index contributed by atoms with van der Waals surface area (Å²) in [6.07, 6.45) is 0.282. The van der Waals surface area contributed by atoms with Crippen LogP contribution in [0.1, 0.15) is 42.6 Å². The van der Waals surface area contributed by atoms with E-state index in [1.54, 1.807) is 26.0 Å². The van der Waals surface area contributed by atoms with E-state index < -0.39 is 5.60 Å². The molecule has 2 N–H and O–H groups in total. The number of hydrogen-bond acceptors (Lipinski definition) is 5. The summed E-state index contributed by atoms with van der Waals surface area (Å²) in [5.74, 6) is 2.59. The number of hydrogen-bond donors (Lipinski definition) is 2. The predicted octanol–water partition coefficient (Wildman–Crippen LogP) is 3.08. The summed E-state index contributed by atoms with van der Waals surface area (Å²) >= 11 is 0. The predicted molar refractivity (Wildman–Crippen MR) is 90.6 cm³/mol. The van der Waals surface area contributed by atoms with Gasteiger partial charge in [-0.1, -0.05) is 6.07 Å². The highest BCUT2D eigenvalue weighted by molar-refractivity contribution is 5.55. The van der Waals surface area contributed by atoms with Crippen molar-refractivity contribution in [2.45, 2.75) is 44.0 Å². The van der Waals surface area contributed by atoms with Crippen molar-refractivity contribution in [3.05, 3.63) is 47.0 Å². The van der Waals surface area contributed by atoms with Crippen LogP contribution in [0, 0.1) is 0 Å². The molecule has 0 saturated carbocycles. The maximum Gasteiger partial charge on any atom is 0.138 e. The van der Waals surface area contributed by atoms with E-state index in [-0.39, 0.29) is 23.9 Å². The van der Waals surface area contributed by atoms with Gasteiger partial charge in [0, 0.05) is 29.7 Å². The molecule has 5 heteroatoms. The average Bonchev–Trinajstić information content (AvgIpc) is 3.12. The third kappa shape index (κ3) is 2.19. The summed E-state index contributed by atoms with van der Waals surface area (Å²) in [7, 11) is 0. The summed E-state index contributed by atoms with van der Waals surface area (Å²) in [5.41, 5.74) is 2.24. The van der Waals surface area contributed by atoms with Crippen molar-refractivity contribution in [3.8, 4) is 23.0 Å². The first-order chi connectivity index (χ1) is 11.9. The first-order valence-corrected chi connectivity index (χ1v) is 8.58. The number of aromatic hydroxyl groups is 1. The monoisotopic (exact) mass is 340 g/mol. The SMILES string of the molecule is CC(C)(O)C1Cc2cc3c(cc2O1)OCC1c2ccc(O)cc2OC31. The third-order valence-electron chi connectivity index (χ3n) is 5.40. The van der Waals surface area contributed by atoms with Crippen LogP contribution in [0.5, 0.6) is 23.0 Å². The van der Waals surface area contributed by atoms with Gasteiger partial charge in [0.25, 0.3) is 0 Å². The van der Waals surface area contributed by atoms with Gasteiger partial charge in [-0.2, -0.15) is 0 Å². The molecule has 0 fully saturated rings. The van der Waals surface area contributed by atoms with Gasteiger partial charge >= 0.3 is 0 Å². The Kier molecular flexibility index (Phi) is 2.87. The average molecular weight is 340 g/mol. The lowest BCUT2D eigenvalue weighted by atomic mass is 9.88. The second-order valence-corrected chi connectivity index (χ2v) is 7.64. The molecule has 0 saturated heterocycles. The Balaban J connectivity index is 1.53. The molecule has 0 aliphatic carbocycles. The van der Waals surface area contributed by atoms with Crippen LogP contribution in [0.4, 0.5) is 0 Å². The molecule has 25 heavy (non-hydrogen) atoms. The van der Waals surface area contributed by atoms with Crippen molar-refractivity contribution in [3.63, 3.8) is 0 Å². The lowest BCUT2D eigenvalue weighted by Gasteiger charge is -2.28. The van der Waals surface area contributed by atoms with Crippen LogP contribution in [0.3, 0.4) is 0 Å². The molecule has 0 radical (unpaired) electrons. The Labute approximate surface area is 145 Å². The molecule has 2 aromatic carbocycles. The second kappa shape index (κ2) is 4.82. The van der Waals surface area contributed by atoms with Gasteiger partial charge < -0.3 is 24.4 Å². The van der Waals surface area contributed by atoms with Gasteiger partial charge in [-0.05, 0) is 31.5 Å². The highest BCUT2D eigenvalue weighted by atomic mass is 16.5. The molecule has 3 heterocycles. The molecule has 3 unspecified atom stereocenters. The molecule has 130 valence electrons. The normalized spacial score (nSPS) is 25.8. The van der Waals surface area contributed by atoms with E-state index >= 15 is 0 Å². The lowest BCUT2D eigenvalue weighted by molar-refractivity contribution is -0.0230. The summed E-state index contributed by atoms with van der Waals surface area (Å²) < 4.78 is 18.0. The van der Waals surface area contributed by atoms with Crippen molar-refractivity contribution in [2.24, 2.45) is 0 Å². The fourth-order valence-electron chi connectivity index (χ4n) is 3.98. The van der Waals surface area contributed by atoms with E-state index in [1.165, 1.54) is 0 Å². The lowest BCUT2D eigenvalue weighted by Crippen LogP contribution is -2.39. The van der Waals surface area contributed by atoms with Crippen LogP contribution < -0.4 is 14.2 Å². The molecule has 5 nitrogen and oxygen atoms in total. The van der Waals surface area contributed by atoms with Gasteiger partial charge in [0.1, 0.15) is 35.2 Å². The number of rotatable bonds is 1. The molecule has 0 spiro atoms. The summed E-state index contributed by atoms with van der Waals surface area (Å²) in [5, 5.41) is 20.0. The Morgan fingerprint density at radius 2 is 1.84 bits per heavy atom. The maximum atomic E-state index is 10.2. The van der Waals surface area contributed by atoms with Crippen molar-refractivity contribution in [2.75, 3.05) is 6.61 Å². The first-order valence-electron chi connectivity index (χ1n) is 8.58. The number of phenolic OH excluding ortho intramolecular Hbond substituents is 1. The van der Waals surface area contributed by atoms with E-state index in [0.717, 1.165) is 33.9 Å². The fraction of sp³-hybridized carbons (Fsp3) is 0.400. The molecular weight excluding hydrogens is 320 g/mol. The van der Waals surface area contributed by atoms with Gasteiger partial charge in [0.2, 0.25) is 0 Å². The summed E-state index contributed by atoms with van der Waals surface area (Å²) in [6.45, 7) is 4.06. The second-order valence-electron chi connectivity index (χ2n) is 7.64. The zero-order chi connectivity index (χ0) is 17.3. The smallest absolute Gasteiger partial charge is 0.138 e. The number of aliphatic hydroxyl groups is 1. The molecule has 3 aliphatic rings. The number of benzene rings is 2. The molecule has 0 amide bonds. The highest BCUT2D eigenvalue weighted by Gasteiger charge is 2.43. The van der Waals surface area contributed by atoms with Crippen molar-refractivity contribution < 1.29 is 24.4 Å². The molecule has 0 bridgehead atoms. The fourth-order valence-corrected chi connectivity index (χ4v) is 3.98.